The summed E-state index contributed by atoms with van der Waals surface area (Å²) in [6.07, 6.45) is -45.1. The molecule has 5 aliphatic rings. The predicted molar refractivity (Wildman–Crippen MR) is 301 cm³/mol. The van der Waals surface area contributed by atoms with Crippen molar-refractivity contribution < 1.29 is 167 Å². The molecule has 0 aliphatic carbocycles. The summed E-state index contributed by atoms with van der Waals surface area (Å²) >= 11 is 0. The second-order valence-electron chi connectivity index (χ2n) is 21.7. The number of esters is 4. The molecule has 93 heavy (non-hydrogen) atoms. The number of aromatic hydroxyl groups is 2. The predicted octanol–water partition coefficient (Wildman–Crippen LogP) is -5.53. The van der Waals surface area contributed by atoms with Crippen molar-refractivity contribution in [1.29, 1.82) is 0 Å². The molecule has 0 aromatic heterocycles. The van der Waals surface area contributed by atoms with Gasteiger partial charge in [-0.05, 0) is 59.7 Å². The van der Waals surface area contributed by atoms with Crippen LogP contribution in [0.3, 0.4) is 0 Å². The first-order valence-electron chi connectivity index (χ1n) is 28.8. The van der Waals surface area contributed by atoms with Crippen LogP contribution in [0.25, 0.3) is 12.2 Å². The molecule has 24 unspecified atom stereocenters. The number of carbonyl (C=O) groups excluding carboxylic acids is 4. The van der Waals surface area contributed by atoms with Gasteiger partial charge in [-0.3, -0.25) is 4.79 Å². The fraction of sp³-hybridized carbons (Fsp3) is 0.559. The van der Waals surface area contributed by atoms with Gasteiger partial charge in [-0.15, -0.1) is 0 Å². The summed E-state index contributed by atoms with van der Waals surface area (Å²) in [4.78, 5) is 54.5. The Labute approximate surface area is 527 Å². The maximum atomic E-state index is 14.2. The number of phenols is 2. The van der Waals surface area contributed by atoms with E-state index in [1.165, 1.54) is 87.0 Å². The van der Waals surface area contributed by atoms with Crippen LogP contribution in [0.2, 0.25) is 0 Å². The first-order valence-corrected chi connectivity index (χ1v) is 28.8. The SMILES string of the molecule is COc1cc(C=CC(=O)OCC2(OC3OC(CO)C(OC(=O)C=Cc4ccc(O)c(OC)c4)C(OC4OC(COC(C)=O)C(OC5OC(CO)C(O)C(O)C5O)C(O)C4O)C3OC3OC(CO)C(O)C(O)C3O)OC(CO)C(O)C2OC(=O)c2ccccc2)ccc1O. The van der Waals surface area contributed by atoms with Crippen LogP contribution in [-0.2, 0) is 76.0 Å². The standard InChI is InChI=1S/C59H74O34/c1-25(64)81-23-37-49(88-55-46(75)43(72)40(69)33(19-60)83-55)45(74)48(77)57(86-37)89-51-50(87-39(68)16-12-27-10-14-30(66)32(18-27)80-3)36(22-63)85-58(52(51)90-56-47(76)44(73)41(70)34(20-61)84-56)93-59(24-82-38(67)15-11-26-9-13-29(65)31(17-26)79-2)53(42(71)35(21-62)92-59)91-54(78)28-7-5-4-6-8-28/h4-18,33-37,40-53,55-58,60-63,65-66,69-77H,19-24H2,1-3H3. The molecule has 0 amide bonds. The highest BCUT2D eigenvalue weighted by Crippen LogP contribution is 2.43. The second-order valence-corrected chi connectivity index (χ2v) is 21.7. The Balaban J connectivity index is 1.26. The van der Waals surface area contributed by atoms with Gasteiger partial charge < -0.3 is 148 Å². The van der Waals surface area contributed by atoms with E-state index in [1.54, 1.807) is 6.07 Å². The van der Waals surface area contributed by atoms with Crippen LogP contribution in [0.5, 0.6) is 23.0 Å². The molecule has 0 spiro atoms. The highest BCUT2D eigenvalue weighted by molar-refractivity contribution is 5.90. The fourth-order valence-electron chi connectivity index (χ4n) is 10.6. The quantitative estimate of drug-likeness (QED) is 0.0214. The van der Waals surface area contributed by atoms with Crippen LogP contribution in [0.4, 0.5) is 0 Å². The number of phenolic OH excluding ortho intramolecular Hbond substituents is 2. The van der Waals surface area contributed by atoms with E-state index in [1.807, 2.05) is 0 Å². The summed E-state index contributed by atoms with van der Waals surface area (Å²) in [5.41, 5.74) is 0.355. The zero-order valence-corrected chi connectivity index (χ0v) is 49.6. The molecule has 3 aromatic rings. The molecule has 5 aliphatic heterocycles. The lowest BCUT2D eigenvalue weighted by Gasteiger charge is -2.51. The van der Waals surface area contributed by atoms with Crippen LogP contribution in [-0.4, -0.2) is 301 Å². The van der Waals surface area contributed by atoms with Gasteiger partial charge in [0, 0.05) is 19.1 Å². The third kappa shape index (κ3) is 16.7. The van der Waals surface area contributed by atoms with Crippen LogP contribution in [0.1, 0.15) is 28.4 Å². The van der Waals surface area contributed by atoms with Crippen molar-refractivity contribution in [2.24, 2.45) is 0 Å². The van der Waals surface area contributed by atoms with Gasteiger partial charge in [-0.2, -0.15) is 0 Å². The Kier molecular flexibility index (Phi) is 25.0. The number of ether oxygens (including phenoxy) is 15. The number of aliphatic hydroxyl groups is 13. The summed E-state index contributed by atoms with van der Waals surface area (Å²) in [7, 11) is 2.52. The zero-order valence-electron chi connectivity index (χ0n) is 49.6. The Morgan fingerprint density at radius 3 is 1.49 bits per heavy atom. The number of hydrogen-bond donors (Lipinski definition) is 15. The van der Waals surface area contributed by atoms with Crippen molar-refractivity contribution in [2.45, 2.75) is 154 Å². The molecular formula is C59H74O34. The van der Waals surface area contributed by atoms with Crippen LogP contribution >= 0.6 is 0 Å². The fourth-order valence-corrected chi connectivity index (χ4v) is 10.6. The van der Waals surface area contributed by atoms with Crippen molar-refractivity contribution in [3.63, 3.8) is 0 Å². The lowest BCUT2D eigenvalue weighted by atomic mass is 9.95. The number of methoxy groups -OCH3 is 2. The third-order valence-corrected chi connectivity index (χ3v) is 15.5. The second kappa shape index (κ2) is 32.2. The van der Waals surface area contributed by atoms with E-state index in [0.717, 1.165) is 19.1 Å². The Morgan fingerprint density at radius 1 is 0.495 bits per heavy atom. The molecule has 34 nitrogen and oxygen atoms in total. The summed E-state index contributed by atoms with van der Waals surface area (Å²) in [5.74, 6) is -8.24. The van der Waals surface area contributed by atoms with Gasteiger partial charge in [-0.1, -0.05) is 30.3 Å². The number of hydrogen-bond acceptors (Lipinski definition) is 34. The van der Waals surface area contributed by atoms with Gasteiger partial charge >= 0.3 is 23.9 Å². The maximum absolute atomic E-state index is 14.2. The van der Waals surface area contributed by atoms with E-state index in [-0.39, 0.29) is 39.7 Å². The molecule has 514 valence electrons. The van der Waals surface area contributed by atoms with E-state index >= 15 is 0 Å². The maximum Gasteiger partial charge on any atom is 0.338 e. The Bertz CT molecular complexity index is 3020. The van der Waals surface area contributed by atoms with E-state index in [9.17, 15) is 95.8 Å². The van der Waals surface area contributed by atoms with Crippen molar-refractivity contribution in [2.75, 3.05) is 53.9 Å². The number of carbonyl (C=O) groups is 4. The summed E-state index contributed by atoms with van der Waals surface area (Å²) in [5, 5.41) is 164. The smallest absolute Gasteiger partial charge is 0.338 e. The summed E-state index contributed by atoms with van der Waals surface area (Å²) in [6.45, 7) is -5.60. The molecule has 5 fully saturated rings. The minimum Gasteiger partial charge on any atom is -0.504 e. The van der Waals surface area contributed by atoms with Gasteiger partial charge in [0.1, 0.15) is 117 Å². The lowest BCUT2D eigenvalue weighted by Crippen LogP contribution is -2.69. The highest BCUT2D eigenvalue weighted by Gasteiger charge is 2.64. The molecule has 0 radical (unpaired) electrons. The van der Waals surface area contributed by atoms with Crippen molar-refractivity contribution >= 4 is 36.0 Å². The molecule has 8 rings (SSSR count). The zero-order chi connectivity index (χ0) is 67.6. The van der Waals surface area contributed by atoms with Crippen molar-refractivity contribution in [3.8, 4) is 23.0 Å². The van der Waals surface area contributed by atoms with Crippen LogP contribution in [0, 0.1) is 0 Å². The highest BCUT2D eigenvalue weighted by atomic mass is 16.8. The van der Waals surface area contributed by atoms with Crippen molar-refractivity contribution in [1.82, 2.24) is 0 Å². The molecular weight excluding hydrogens is 1250 g/mol. The van der Waals surface area contributed by atoms with E-state index in [0.29, 0.717) is 0 Å². The van der Waals surface area contributed by atoms with E-state index < -0.39 is 210 Å². The molecule has 0 bridgehead atoms. The molecule has 3 aromatic carbocycles. The molecule has 5 saturated heterocycles. The van der Waals surface area contributed by atoms with Gasteiger partial charge in [0.15, 0.2) is 60.4 Å². The van der Waals surface area contributed by atoms with Gasteiger partial charge in [-0.25, -0.2) is 14.4 Å². The summed E-state index contributed by atoms with van der Waals surface area (Å²) in [6, 6.07) is 15.0. The molecule has 0 saturated carbocycles. The third-order valence-electron chi connectivity index (χ3n) is 15.5. The summed E-state index contributed by atoms with van der Waals surface area (Å²) < 4.78 is 88.1. The lowest BCUT2D eigenvalue weighted by molar-refractivity contribution is -0.423. The Morgan fingerprint density at radius 2 is 0.978 bits per heavy atom. The normalized spacial score (nSPS) is 36.3. The average molecular weight is 1330 g/mol. The van der Waals surface area contributed by atoms with Gasteiger partial charge in [0.25, 0.3) is 0 Å². The van der Waals surface area contributed by atoms with Crippen LogP contribution in [0.15, 0.2) is 78.9 Å². The van der Waals surface area contributed by atoms with Crippen molar-refractivity contribution in [3.05, 3.63) is 95.6 Å². The van der Waals surface area contributed by atoms with Gasteiger partial charge in [0.05, 0.1) is 46.2 Å². The molecule has 34 heteroatoms. The number of benzene rings is 3. The molecule has 5 heterocycles. The minimum absolute atomic E-state index is 0.0111. The molecule has 15 N–H and O–H groups in total. The first-order chi connectivity index (χ1) is 44.4. The van der Waals surface area contributed by atoms with Gasteiger partial charge in [0.2, 0.25) is 5.79 Å². The first kappa shape index (κ1) is 72.2. The van der Waals surface area contributed by atoms with Crippen LogP contribution < -0.4 is 9.47 Å². The molecule has 24 atom stereocenters. The largest absolute Gasteiger partial charge is 0.504 e. The number of aliphatic hydroxyl groups excluding tert-OH is 13. The monoisotopic (exact) mass is 1330 g/mol. The van der Waals surface area contributed by atoms with E-state index in [4.69, 9.17) is 71.1 Å². The number of rotatable bonds is 25. The topological polar surface area (TPSA) is 510 Å². The Hall–Kier alpha value is -6.66. The average Bonchev–Trinajstić information content (AvgIpc) is 1.74. The minimum atomic E-state index is -2.99. The van der Waals surface area contributed by atoms with E-state index in [2.05, 4.69) is 0 Å².